The molecule has 0 aliphatic rings. The van der Waals surface area contributed by atoms with Gasteiger partial charge in [-0.25, -0.2) is 0 Å². The van der Waals surface area contributed by atoms with Gasteiger partial charge in [-0.05, 0) is 19.4 Å². The molecule has 0 heterocycles. The van der Waals surface area contributed by atoms with E-state index in [0.717, 1.165) is 5.57 Å². The van der Waals surface area contributed by atoms with Crippen molar-refractivity contribution in [2.24, 2.45) is 5.73 Å². The molecule has 0 saturated carbocycles. The zero-order chi connectivity index (χ0) is 13.1. The number of rotatable bonds is 4. The molecule has 0 aromatic heterocycles. The molecule has 0 aliphatic heterocycles. The van der Waals surface area contributed by atoms with Gasteiger partial charge in [0.2, 0.25) is 0 Å². The summed E-state index contributed by atoms with van der Waals surface area (Å²) in [5.74, 6) is -0.256. The molecule has 0 saturated heterocycles. The van der Waals surface area contributed by atoms with Gasteiger partial charge in [0.25, 0.3) is 0 Å². The molecule has 6 heteroatoms. The lowest BCUT2D eigenvalue weighted by molar-refractivity contribution is -0.275. The number of hydrogen-bond acceptors (Lipinski definition) is 2. The van der Waals surface area contributed by atoms with Crippen molar-refractivity contribution in [3.05, 3.63) is 42.0 Å². The van der Waals surface area contributed by atoms with E-state index in [2.05, 4.69) is 11.3 Å². The summed E-state index contributed by atoms with van der Waals surface area (Å²) < 4.78 is 40.4. The summed E-state index contributed by atoms with van der Waals surface area (Å²) >= 11 is 0. The smallest absolute Gasteiger partial charge is 0.405 e. The van der Waals surface area contributed by atoms with E-state index in [1.54, 1.807) is 13.0 Å². The van der Waals surface area contributed by atoms with Crippen molar-refractivity contribution in [2.45, 2.75) is 25.7 Å². The minimum Gasteiger partial charge on any atom is -0.405 e. The van der Waals surface area contributed by atoms with Gasteiger partial charge in [-0.15, -0.1) is 32.2 Å². The van der Waals surface area contributed by atoms with Crippen molar-refractivity contribution < 1.29 is 17.9 Å². The molecule has 0 radical (unpaired) electrons. The molecular weight excluding hydrogens is 267 g/mol. The Morgan fingerprint density at radius 3 is 2.44 bits per heavy atom. The maximum Gasteiger partial charge on any atom is 0.573 e. The van der Waals surface area contributed by atoms with E-state index in [-0.39, 0.29) is 18.2 Å². The molecule has 1 atom stereocenters. The molecule has 0 unspecified atom stereocenters. The molecule has 2 N–H and O–H groups in total. The normalized spacial score (nSPS) is 12.5. The number of halogens is 4. The Kier molecular flexibility index (Phi) is 6.21. The standard InChI is InChI=1S/C12H14F3NO.ClH/c1-8(2)7-10(16)9-5-3-4-6-11(9)17-12(13,14)15;/h3-6,10H,1,7,16H2,2H3;1H/t10-;/m0./s1. The van der Waals surface area contributed by atoms with E-state index in [1.165, 1.54) is 18.2 Å². The number of alkyl halides is 3. The van der Waals surface area contributed by atoms with E-state index in [0.29, 0.717) is 12.0 Å². The summed E-state index contributed by atoms with van der Waals surface area (Å²) in [6, 6.07) is 5.32. The first-order valence-corrected chi connectivity index (χ1v) is 5.04. The second-order valence-electron chi connectivity index (χ2n) is 3.85. The Balaban J connectivity index is 0.00000289. The minimum atomic E-state index is -4.71. The summed E-state index contributed by atoms with van der Waals surface area (Å²) in [6.07, 6.45) is -4.29. The highest BCUT2D eigenvalue weighted by atomic mass is 35.5. The van der Waals surface area contributed by atoms with Gasteiger partial charge in [-0.1, -0.05) is 23.8 Å². The Hall–Kier alpha value is -1.20. The first-order chi connectivity index (χ1) is 7.79. The second-order valence-corrected chi connectivity index (χ2v) is 3.85. The third-order valence-corrected chi connectivity index (χ3v) is 2.11. The Labute approximate surface area is 110 Å². The number of para-hydroxylation sites is 1. The molecule has 0 amide bonds. The largest absolute Gasteiger partial charge is 0.573 e. The highest BCUT2D eigenvalue weighted by Gasteiger charge is 2.32. The SMILES string of the molecule is C=C(C)C[C@H](N)c1ccccc1OC(F)(F)F.Cl. The number of benzene rings is 1. The van der Waals surface area contributed by atoms with Crippen molar-refractivity contribution >= 4 is 12.4 Å². The van der Waals surface area contributed by atoms with Crippen molar-refractivity contribution in [3.63, 3.8) is 0 Å². The quantitative estimate of drug-likeness (QED) is 0.848. The van der Waals surface area contributed by atoms with Crippen LogP contribution < -0.4 is 10.5 Å². The molecule has 0 aliphatic carbocycles. The molecule has 0 spiro atoms. The highest BCUT2D eigenvalue weighted by molar-refractivity contribution is 5.85. The first kappa shape index (κ1) is 16.8. The lowest BCUT2D eigenvalue weighted by Gasteiger charge is -2.17. The fraction of sp³-hybridized carbons (Fsp3) is 0.333. The average molecular weight is 282 g/mol. The van der Waals surface area contributed by atoms with E-state index in [4.69, 9.17) is 5.73 Å². The Morgan fingerprint density at radius 2 is 1.94 bits per heavy atom. The Bertz CT molecular complexity index is 407. The third kappa shape index (κ3) is 5.42. The van der Waals surface area contributed by atoms with Crippen LogP contribution in [0, 0.1) is 0 Å². The van der Waals surface area contributed by atoms with Crippen LogP contribution in [0.2, 0.25) is 0 Å². The maximum absolute atomic E-state index is 12.2. The third-order valence-electron chi connectivity index (χ3n) is 2.11. The predicted molar refractivity (Wildman–Crippen MR) is 66.7 cm³/mol. The van der Waals surface area contributed by atoms with Crippen LogP contribution in [0.1, 0.15) is 24.9 Å². The number of ether oxygens (including phenoxy) is 1. The Morgan fingerprint density at radius 1 is 1.39 bits per heavy atom. The molecule has 1 aromatic carbocycles. The van der Waals surface area contributed by atoms with Gasteiger partial charge >= 0.3 is 6.36 Å². The van der Waals surface area contributed by atoms with E-state index in [1.807, 2.05) is 0 Å². The van der Waals surface area contributed by atoms with Crippen LogP contribution in [0.5, 0.6) is 5.75 Å². The highest BCUT2D eigenvalue weighted by Crippen LogP contribution is 2.31. The minimum absolute atomic E-state index is 0. The van der Waals surface area contributed by atoms with Crippen LogP contribution >= 0.6 is 12.4 Å². The molecule has 2 nitrogen and oxygen atoms in total. The summed E-state index contributed by atoms with van der Waals surface area (Å²) in [5.41, 5.74) is 6.94. The summed E-state index contributed by atoms with van der Waals surface area (Å²) in [4.78, 5) is 0. The molecule has 0 bridgehead atoms. The van der Waals surface area contributed by atoms with Crippen molar-refractivity contribution in [1.82, 2.24) is 0 Å². The van der Waals surface area contributed by atoms with Gasteiger partial charge < -0.3 is 10.5 Å². The zero-order valence-corrected chi connectivity index (χ0v) is 10.6. The lowest BCUT2D eigenvalue weighted by Crippen LogP contribution is -2.20. The van der Waals surface area contributed by atoms with Gasteiger partial charge in [-0.3, -0.25) is 0 Å². The topological polar surface area (TPSA) is 35.2 Å². The fourth-order valence-electron chi connectivity index (χ4n) is 1.49. The van der Waals surface area contributed by atoms with Gasteiger partial charge in [0.05, 0.1) is 0 Å². The van der Waals surface area contributed by atoms with Crippen molar-refractivity contribution in [2.75, 3.05) is 0 Å². The van der Waals surface area contributed by atoms with Crippen LogP contribution in [-0.2, 0) is 0 Å². The summed E-state index contributed by atoms with van der Waals surface area (Å²) in [5, 5.41) is 0. The van der Waals surface area contributed by atoms with Crippen LogP contribution in [-0.4, -0.2) is 6.36 Å². The molecule has 0 fully saturated rings. The monoisotopic (exact) mass is 281 g/mol. The number of hydrogen-bond donors (Lipinski definition) is 1. The van der Waals surface area contributed by atoms with E-state index in [9.17, 15) is 13.2 Å². The first-order valence-electron chi connectivity index (χ1n) is 5.04. The van der Waals surface area contributed by atoms with Gasteiger partial charge in [0.15, 0.2) is 0 Å². The lowest BCUT2D eigenvalue weighted by atomic mass is 10.0. The van der Waals surface area contributed by atoms with Crippen LogP contribution in [0.4, 0.5) is 13.2 Å². The fourth-order valence-corrected chi connectivity index (χ4v) is 1.49. The van der Waals surface area contributed by atoms with Gasteiger partial charge in [0, 0.05) is 11.6 Å². The molecule has 18 heavy (non-hydrogen) atoms. The average Bonchev–Trinajstić information content (AvgIpc) is 2.14. The molecular formula is C12H15ClF3NO. The van der Waals surface area contributed by atoms with Gasteiger partial charge in [-0.2, -0.15) is 0 Å². The van der Waals surface area contributed by atoms with Crippen molar-refractivity contribution in [3.8, 4) is 5.75 Å². The van der Waals surface area contributed by atoms with Crippen LogP contribution in [0.25, 0.3) is 0 Å². The zero-order valence-electron chi connectivity index (χ0n) is 9.83. The molecule has 102 valence electrons. The van der Waals surface area contributed by atoms with Crippen molar-refractivity contribution in [1.29, 1.82) is 0 Å². The summed E-state index contributed by atoms with van der Waals surface area (Å²) in [6.45, 7) is 5.45. The predicted octanol–water partition coefficient (Wildman–Crippen LogP) is 3.97. The number of nitrogens with two attached hydrogens (primary N) is 1. The van der Waals surface area contributed by atoms with Crippen LogP contribution in [0.3, 0.4) is 0 Å². The van der Waals surface area contributed by atoms with E-state index < -0.39 is 12.4 Å². The van der Waals surface area contributed by atoms with Crippen LogP contribution in [0.15, 0.2) is 36.4 Å². The second kappa shape index (κ2) is 6.66. The van der Waals surface area contributed by atoms with Gasteiger partial charge in [0.1, 0.15) is 5.75 Å². The van der Waals surface area contributed by atoms with E-state index >= 15 is 0 Å². The maximum atomic E-state index is 12.2. The molecule has 1 rings (SSSR count). The molecule has 1 aromatic rings. The summed E-state index contributed by atoms with van der Waals surface area (Å²) in [7, 11) is 0.